The first-order chi connectivity index (χ1) is 12.3. The summed E-state index contributed by atoms with van der Waals surface area (Å²) < 4.78 is 0. The fourth-order valence-electron chi connectivity index (χ4n) is 4.37. The van der Waals surface area contributed by atoms with Gasteiger partial charge in [-0.25, -0.2) is 0 Å². The number of carbonyl (C=O) groups is 1. The maximum absolute atomic E-state index is 12.6. The molecule has 2 atom stereocenters. The highest BCUT2D eigenvalue weighted by Gasteiger charge is 2.35. The molecule has 3 nitrogen and oxygen atoms in total. The van der Waals surface area contributed by atoms with Crippen molar-refractivity contribution in [2.24, 2.45) is 5.92 Å². The highest BCUT2D eigenvalue weighted by Crippen LogP contribution is 2.31. The number of fused-ring (bicyclic) bond motifs is 1. The summed E-state index contributed by atoms with van der Waals surface area (Å²) in [7, 11) is 0. The van der Waals surface area contributed by atoms with E-state index in [1.54, 1.807) is 0 Å². The molecule has 0 radical (unpaired) electrons. The highest BCUT2D eigenvalue weighted by molar-refractivity contribution is 7.10. The highest BCUT2D eigenvalue weighted by atomic mass is 32.1. The molecule has 5 heteroatoms. The third-order valence-corrected chi connectivity index (χ3v) is 7.63. The number of carbonyl (C=O) groups excluding carboxylic acids is 1. The average molecular weight is 376 g/mol. The van der Waals surface area contributed by atoms with Crippen molar-refractivity contribution in [2.45, 2.75) is 44.6 Å². The van der Waals surface area contributed by atoms with Gasteiger partial charge in [0.2, 0.25) is 0 Å². The van der Waals surface area contributed by atoms with Gasteiger partial charge in [-0.15, -0.1) is 22.7 Å². The van der Waals surface area contributed by atoms with E-state index >= 15 is 0 Å². The second kappa shape index (κ2) is 8.02. The van der Waals surface area contributed by atoms with Crippen LogP contribution in [0.15, 0.2) is 29.0 Å². The Morgan fingerprint density at radius 3 is 2.84 bits per heavy atom. The standard InChI is InChI=1S/C20H26N2OS2/c23-19(21-13-15-5-2-1-3-6-15)14-22-10-8-17-16(9-12-25-17)20(22)18-7-4-11-24-18/h4,7,9,11-12,15,20H,1-3,5-6,8,10,13-14H2,(H,21,23)/p+1/t20-/m1/s1. The van der Waals surface area contributed by atoms with E-state index in [4.69, 9.17) is 0 Å². The number of rotatable bonds is 5. The molecule has 1 unspecified atom stereocenters. The molecule has 1 aliphatic carbocycles. The van der Waals surface area contributed by atoms with Crippen LogP contribution in [0.3, 0.4) is 0 Å². The Bertz CT molecular complexity index is 688. The molecule has 2 N–H and O–H groups in total. The zero-order chi connectivity index (χ0) is 17.1. The van der Waals surface area contributed by atoms with Gasteiger partial charge in [0.05, 0.1) is 11.4 Å². The largest absolute Gasteiger partial charge is 0.351 e. The molecule has 134 valence electrons. The van der Waals surface area contributed by atoms with Crippen LogP contribution in [0.1, 0.15) is 53.5 Å². The molecule has 1 amide bonds. The predicted octanol–water partition coefficient (Wildman–Crippen LogP) is 3.04. The monoisotopic (exact) mass is 375 g/mol. The van der Waals surface area contributed by atoms with Crippen molar-refractivity contribution < 1.29 is 9.69 Å². The Kier molecular flexibility index (Phi) is 5.54. The van der Waals surface area contributed by atoms with E-state index in [9.17, 15) is 4.79 Å². The van der Waals surface area contributed by atoms with Crippen molar-refractivity contribution in [1.29, 1.82) is 0 Å². The van der Waals surface area contributed by atoms with Crippen molar-refractivity contribution >= 4 is 28.6 Å². The minimum atomic E-state index is 0.223. The first-order valence-electron chi connectivity index (χ1n) is 9.52. The van der Waals surface area contributed by atoms with Crippen LogP contribution >= 0.6 is 22.7 Å². The fourth-order valence-corrected chi connectivity index (χ4v) is 6.19. The maximum atomic E-state index is 12.6. The average Bonchev–Trinajstić information content (AvgIpc) is 3.32. The molecule has 1 fully saturated rings. The molecule has 1 aliphatic heterocycles. The van der Waals surface area contributed by atoms with Crippen LogP contribution in [0.2, 0.25) is 0 Å². The summed E-state index contributed by atoms with van der Waals surface area (Å²) in [5.74, 6) is 0.923. The van der Waals surface area contributed by atoms with Gasteiger partial charge in [-0.1, -0.05) is 25.3 Å². The van der Waals surface area contributed by atoms with Crippen LogP contribution in [0, 0.1) is 5.92 Å². The van der Waals surface area contributed by atoms with Crippen LogP contribution in [-0.2, 0) is 11.2 Å². The van der Waals surface area contributed by atoms with Gasteiger partial charge < -0.3 is 10.2 Å². The molecular formula is C20H27N2OS2+. The number of thiophene rings is 2. The Morgan fingerprint density at radius 2 is 2.04 bits per heavy atom. The summed E-state index contributed by atoms with van der Waals surface area (Å²) >= 11 is 3.68. The molecule has 0 aromatic carbocycles. The number of nitrogens with one attached hydrogen (secondary N) is 2. The number of quaternary nitrogens is 1. The van der Waals surface area contributed by atoms with Gasteiger partial charge in [0, 0.05) is 23.4 Å². The lowest BCUT2D eigenvalue weighted by Gasteiger charge is -2.32. The lowest BCUT2D eigenvalue weighted by molar-refractivity contribution is -0.919. The van der Waals surface area contributed by atoms with E-state index in [1.165, 1.54) is 52.3 Å². The van der Waals surface area contributed by atoms with Crippen molar-refractivity contribution in [3.8, 4) is 0 Å². The minimum absolute atomic E-state index is 0.223. The van der Waals surface area contributed by atoms with Crippen LogP contribution in [-0.4, -0.2) is 25.5 Å². The summed E-state index contributed by atoms with van der Waals surface area (Å²) in [6.07, 6.45) is 7.70. The third-order valence-electron chi connectivity index (χ3n) is 5.70. The van der Waals surface area contributed by atoms with Crippen molar-refractivity contribution in [1.82, 2.24) is 5.32 Å². The molecule has 0 bridgehead atoms. The second-order valence-electron chi connectivity index (χ2n) is 7.39. The van der Waals surface area contributed by atoms with Crippen molar-refractivity contribution in [2.75, 3.05) is 19.6 Å². The summed E-state index contributed by atoms with van der Waals surface area (Å²) in [6.45, 7) is 2.51. The molecule has 0 saturated heterocycles. The molecule has 2 aliphatic rings. The van der Waals surface area contributed by atoms with Crippen LogP contribution < -0.4 is 10.2 Å². The first-order valence-corrected chi connectivity index (χ1v) is 11.3. The summed E-state index contributed by atoms with van der Waals surface area (Å²) in [6, 6.07) is 6.95. The van der Waals surface area contributed by atoms with Gasteiger partial charge in [-0.05, 0) is 41.7 Å². The molecular weight excluding hydrogens is 348 g/mol. The van der Waals surface area contributed by atoms with Gasteiger partial charge >= 0.3 is 0 Å². The smallest absolute Gasteiger partial charge is 0.275 e. The topological polar surface area (TPSA) is 33.5 Å². The van der Waals surface area contributed by atoms with E-state index in [2.05, 4.69) is 34.3 Å². The molecule has 2 aromatic heterocycles. The molecule has 0 spiro atoms. The van der Waals surface area contributed by atoms with Gasteiger partial charge in [0.15, 0.2) is 6.54 Å². The van der Waals surface area contributed by atoms with E-state index in [1.807, 2.05) is 22.7 Å². The lowest BCUT2D eigenvalue weighted by Crippen LogP contribution is -3.14. The van der Waals surface area contributed by atoms with Crippen molar-refractivity contribution in [3.05, 3.63) is 44.3 Å². The van der Waals surface area contributed by atoms with E-state index in [-0.39, 0.29) is 5.91 Å². The predicted molar refractivity (Wildman–Crippen MR) is 104 cm³/mol. The van der Waals surface area contributed by atoms with E-state index < -0.39 is 0 Å². The van der Waals surface area contributed by atoms with Gasteiger partial charge in [0.1, 0.15) is 6.04 Å². The van der Waals surface area contributed by atoms with Gasteiger partial charge in [-0.3, -0.25) is 4.79 Å². The second-order valence-corrected chi connectivity index (χ2v) is 9.37. The maximum Gasteiger partial charge on any atom is 0.275 e. The molecule has 3 heterocycles. The Balaban J connectivity index is 1.41. The minimum Gasteiger partial charge on any atom is -0.351 e. The zero-order valence-corrected chi connectivity index (χ0v) is 16.3. The summed E-state index contributed by atoms with van der Waals surface area (Å²) in [4.78, 5) is 16.9. The Hall–Kier alpha value is -1.17. The Labute approximate surface area is 158 Å². The van der Waals surface area contributed by atoms with E-state index in [0.29, 0.717) is 18.5 Å². The number of hydrogen-bond acceptors (Lipinski definition) is 3. The van der Waals surface area contributed by atoms with Gasteiger partial charge in [-0.2, -0.15) is 0 Å². The SMILES string of the molecule is O=C(C[NH+]1CCc2sccc2[C@@H]1c1cccs1)NCC1CCCCC1. The normalized spacial score (nSPS) is 24.0. The summed E-state index contributed by atoms with van der Waals surface area (Å²) in [5, 5.41) is 7.58. The fraction of sp³-hybridized carbons (Fsp3) is 0.550. The number of amides is 1. The number of hydrogen-bond donors (Lipinski definition) is 2. The molecule has 1 saturated carbocycles. The lowest BCUT2D eigenvalue weighted by atomic mass is 9.89. The zero-order valence-electron chi connectivity index (χ0n) is 14.6. The molecule has 25 heavy (non-hydrogen) atoms. The first kappa shape index (κ1) is 17.3. The third kappa shape index (κ3) is 3.99. The molecule has 4 rings (SSSR count). The quantitative estimate of drug-likeness (QED) is 0.827. The van der Waals surface area contributed by atoms with Crippen LogP contribution in [0.4, 0.5) is 0 Å². The molecule has 2 aromatic rings. The van der Waals surface area contributed by atoms with Crippen LogP contribution in [0.5, 0.6) is 0 Å². The van der Waals surface area contributed by atoms with Crippen LogP contribution in [0.25, 0.3) is 0 Å². The van der Waals surface area contributed by atoms with E-state index in [0.717, 1.165) is 19.5 Å². The summed E-state index contributed by atoms with van der Waals surface area (Å²) in [5.41, 5.74) is 1.44. The Morgan fingerprint density at radius 1 is 1.16 bits per heavy atom. The van der Waals surface area contributed by atoms with Crippen molar-refractivity contribution in [3.63, 3.8) is 0 Å². The van der Waals surface area contributed by atoms with Gasteiger partial charge in [0.25, 0.3) is 5.91 Å².